The molecule has 0 aliphatic heterocycles. The Bertz CT molecular complexity index is 562. The van der Waals surface area contributed by atoms with Crippen molar-refractivity contribution in [1.29, 1.82) is 0 Å². The van der Waals surface area contributed by atoms with Crippen LogP contribution in [-0.2, 0) is 6.54 Å². The third-order valence-electron chi connectivity index (χ3n) is 2.53. The van der Waals surface area contributed by atoms with Gasteiger partial charge in [0.2, 0.25) is 0 Å². The van der Waals surface area contributed by atoms with E-state index >= 15 is 0 Å². The second kappa shape index (κ2) is 5.57. The van der Waals surface area contributed by atoms with Crippen LogP contribution < -0.4 is 16.2 Å². The molecule has 2 heterocycles. The lowest BCUT2D eigenvalue weighted by Crippen LogP contribution is -2.21. The van der Waals surface area contributed by atoms with E-state index in [0.29, 0.717) is 6.54 Å². The molecule has 0 aromatic carbocycles. The van der Waals surface area contributed by atoms with E-state index in [4.69, 9.17) is 5.84 Å². The molecule has 5 nitrogen and oxygen atoms in total. The van der Waals surface area contributed by atoms with Gasteiger partial charge >= 0.3 is 0 Å². The number of nitrogens with zero attached hydrogens (tertiary/aromatic N) is 3. The first-order valence-corrected chi connectivity index (χ1v) is 5.55. The Morgan fingerprint density at radius 2 is 2.11 bits per heavy atom. The van der Waals surface area contributed by atoms with Crippen LogP contribution in [0.1, 0.15) is 5.69 Å². The van der Waals surface area contributed by atoms with E-state index in [2.05, 4.69) is 15.4 Å². The lowest BCUT2D eigenvalue weighted by atomic mass is 10.3. The molecular weight excluding hydrogens is 252 g/mol. The van der Waals surface area contributed by atoms with E-state index in [-0.39, 0.29) is 11.6 Å². The standard InChI is InChI=1S/C12H13F2N5/c1-19(7-8-4-2-3-5-16-8)12-10(14)6-9(13)11(17-12)18-15/h2-6H,7,15H2,1H3,(H,17,18). The molecule has 100 valence electrons. The summed E-state index contributed by atoms with van der Waals surface area (Å²) in [7, 11) is 1.64. The van der Waals surface area contributed by atoms with Crippen LogP contribution in [0.3, 0.4) is 0 Å². The molecule has 0 atom stereocenters. The fourth-order valence-corrected chi connectivity index (χ4v) is 1.64. The number of anilines is 2. The lowest BCUT2D eigenvalue weighted by Gasteiger charge is -2.19. The van der Waals surface area contributed by atoms with Gasteiger partial charge in [-0.05, 0) is 12.1 Å². The number of nitrogens with one attached hydrogen (secondary N) is 1. The first kappa shape index (κ1) is 13.2. The molecule has 0 radical (unpaired) electrons. The highest BCUT2D eigenvalue weighted by Gasteiger charge is 2.15. The Morgan fingerprint density at radius 1 is 1.32 bits per heavy atom. The summed E-state index contributed by atoms with van der Waals surface area (Å²) < 4.78 is 26.9. The van der Waals surface area contributed by atoms with E-state index in [1.54, 1.807) is 25.4 Å². The number of halogens is 2. The topological polar surface area (TPSA) is 67.1 Å². The zero-order chi connectivity index (χ0) is 13.8. The Labute approximate surface area is 109 Å². The highest BCUT2D eigenvalue weighted by molar-refractivity contribution is 5.48. The van der Waals surface area contributed by atoms with E-state index in [0.717, 1.165) is 11.8 Å². The van der Waals surface area contributed by atoms with Gasteiger partial charge in [0, 0.05) is 19.3 Å². The molecule has 0 aliphatic carbocycles. The van der Waals surface area contributed by atoms with E-state index in [1.165, 1.54) is 4.90 Å². The summed E-state index contributed by atoms with van der Waals surface area (Å²) in [6.45, 7) is 0.348. The first-order chi connectivity index (χ1) is 9.11. The predicted molar refractivity (Wildman–Crippen MR) is 68.3 cm³/mol. The Hall–Kier alpha value is -2.28. The van der Waals surface area contributed by atoms with Crippen LogP contribution in [0, 0.1) is 11.6 Å². The Morgan fingerprint density at radius 3 is 2.74 bits per heavy atom. The number of hydrogen-bond donors (Lipinski definition) is 2. The number of nitrogen functional groups attached to an aromatic ring is 1. The van der Waals surface area contributed by atoms with Crippen molar-refractivity contribution in [3.05, 3.63) is 47.8 Å². The first-order valence-electron chi connectivity index (χ1n) is 5.55. The third kappa shape index (κ3) is 2.94. The SMILES string of the molecule is CN(Cc1ccccn1)c1nc(NN)c(F)cc1F. The summed E-state index contributed by atoms with van der Waals surface area (Å²) in [6.07, 6.45) is 1.64. The van der Waals surface area contributed by atoms with Gasteiger partial charge in [0.15, 0.2) is 23.3 Å². The van der Waals surface area contributed by atoms with Crippen LogP contribution in [0.2, 0.25) is 0 Å². The maximum atomic E-state index is 13.7. The van der Waals surface area contributed by atoms with E-state index in [1.807, 2.05) is 6.07 Å². The minimum absolute atomic E-state index is 0.00000283. The average molecular weight is 265 g/mol. The minimum Gasteiger partial charge on any atom is -0.351 e. The van der Waals surface area contributed by atoms with Gasteiger partial charge in [-0.25, -0.2) is 19.6 Å². The van der Waals surface area contributed by atoms with Gasteiger partial charge in [-0.15, -0.1) is 0 Å². The number of pyridine rings is 2. The van der Waals surface area contributed by atoms with E-state index < -0.39 is 11.6 Å². The maximum absolute atomic E-state index is 13.7. The van der Waals surface area contributed by atoms with Gasteiger partial charge in [-0.1, -0.05) is 6.07 Å². The molecule has 0 bridgehead atoms. The number of nitrogens with two attached hydrogens (primary N) is 1. The smallest absolute Gasteiger partial charge is 0.178 e. The average Bonchev–Trinajstić information content (AvgIpc) is 2.40. The fraction of sp³-hybridized carbons (Fsp3) is 0.167. The van der Waals surface area contributed by atoms with Gasteiger partial charge in [0.25, 0.3) is 0 Å². The minimum atomic E-state index is -0.838. The normalized spacial score (nSPS) is 10.3. The zero-order valence-electron chi connectivity index (χ0n) is 10.3. The van der Waals surface area contributed by atoms with Crippen LogP contribution >= 0.6 is 0 Å². The molecule has 0 saturated heterocycles. The van der Waals surface area contributed by atoms with Crippen molar-refractivity contribution in [2.75, 3.05) is 17.4 Å². The van der Waals surface area contributed by atoms with Crippen LogP contribution in [0.4, 0.5) is 20.4 Å². The Balaban J connectivity index is 2.26. The molecule has 0 aliphatic rings. The number of rotatable bonds is 4. The highest BCUT2D eigenvalue weighted by Crippen LogP contribution is 2.21. The molecule has 7 heteroatoms. The number of aromatic nitrogens is 2. The molecule has 2 aromatic heterocycles. The van der Waals surface area contributed by atoms with Crippen molar-refractivity contribution in [1.82, 2.24) is 9.97 Å². The molecule has 19 heavy (non-hydrogen) atoms. The third-order valence-corrected chi connectivity index (χ3v) is 2.53. The fourth-order valence-electron chi connectivity index (χ4n) is 1.64. The molecule has 0 spiro atoms. The number of hydrogen-bond acceptors (Lipinski definition) is 5. The summed E-state index contributed by atoms with van der Waals surface area (Å²) in [5, 5.41) is 0. The van der Waals surface area contributed by atoms with Crippen molar-refractivity contribution in [3.8, 4) is 0 Å². The predicted octanol–water partition coefficient (Wildman–Crippen LogP) is 1.68. The highest BCUT2D eigenvalue weighted by atomic mass is 19.1. The maximum Gasteiger partial charge on any atom is 0.178 e. The van der Waals surface area contributed by atoms with Crippen LogP contribution in [0.5, 0.6) is 0 Å². The second-order valence-electron chi connectivity index (χ2n) is 3.95. The zero-order valence-corrected chi connectivity index (χ0v) is 10.3. The summed E-state index contributed by atoms with van der Waals surface area (Å²) in [4.78, 5) is 9.45. The molecule has 0 fully saturated rings. The van der Waals surface area contributed by atoms with Gasteiger partial charge < -0.3 is 10.3 Å². The summed E-state index contributed by atoms with van der Waals surface area (Å²) in [6, 6.07) is 6.17. The quantitative estimate of drug-likeness (QED) is 0.650. The van der Waals surface area contributed by atoms with Crippen molar-refractivity contribution in [3.63, 3.8) is 0 Å². The molecule has 0 amide bonds. The van der Waals surface area contributed by atoms with Crippen LogP contribution in [0.25, 0.3) is 0 Å². The number of hydrazine groups is 1. The largest absolute Gasteiger partial charge is 0.351 e. The molecule has 2 rings (SSSR count). The van der Waals surface area contributed by atoms with Gasteiger partial charge in [-0.2, -0.15) is 0 Å². The van der Waals surface area contributed by atoms with Gasteiger partial charge in [0.1, 0.15) is 0 Å². The lowest BCUT2D eigenvalue weighted by molar-refractivity contribution is 0.572. The van der Waals surface area contributed by atoms with Crippen molar-refractivity contribution < 1.29 is 8.78 Å². The molecule has 2 aromatic rings. The molecule has 3 N–H and O–H groups in total. The van der Waals surface area contributed by atoms with Crippen molar-refractivity contribution in [2.45, 2.75) is 6.54 Å². The van der Waals surface area contributed by atoms with Crippen molar-refractivity contribution >= 4 is 11.6 Å². The van der Waals surface area contributed by atoms with E-state index in [9.17, 15) is 8.78 Å². The molecular formula is C12H13F2N5. The molecule has 0 unspecified atom stereocenters. The summed E-state index contributed by atoms with van der Waals surface area (Å²) in [5.41, 5.74) is 2.83. The molecule has 0 saturated carbocycles. The second-order valence-corrected chi connectivity index (χ2v) is 3.95. The Kier molecular flexibility index (Phi) is 3.86. The monoisotopic (exact) mass is 265 g/mol. The van der Waals surface area contributed by atoms with Crippen LogP contribution in [-0.4, -0.2) is 17.0 Å². The van der Waals surface area contributed by atoms with Gasteiger partial charge in [0.05, 0.1) is 12.2 Å². The summed E-state index contributed by atoms with van der Waals surface area (Å²) in [5.74, 6) is 3.32. The summed E-state index contributed by atoms with van der Waals surface area (Å²) >= 11 is 0. The van der Waals surface area contributed by atoms with Crippen molar-refractivity contribution in [2.24, 2.45) is 5.84 Å². The van der Waals surface area contributed by atoms with Gasteiger partial charge in [-0.3, -0.25) is 4.98 Å². The van der Waals surface area contributed by atoms with Crippen LogP contribution in [0.15, 0.2) is 30.5 Å².